The summed E-state index contributed by atoms with van der Waals surface area (Å²) in [5.74, 6) is -1.43. The highest BCUT2D eigenvalue weighted by atomic mass is 16.6. The number of hydrogen-bond donors (Lipinski definition) is 1. The van der Waals surface area contributed by atoms with Gasteiger partial charge < -0.3 is 24.4 Å². The lowest BCUT2D eigenvalue weighted by atomic mass is 10.1. The fourth-order valence-electron chi connectivity index (χ4n) is 3.75. The van der Waals surface area contributed by atoms with Crippen molar-refractivity contribution >= 4 is 23.5 Å². The summed E-state index contributed by atoms with van der Waals surface area (Å²) in [5, 5.41) is 9.08. The van der Waals surface area contributed by atoms with E-state index >= 15 is 0 Å². The second kappa shape index (κ2) is 6.51. The van der Waals surface area contributed by atoms with E-state index in [0.717, 1.165) is 0 Å². The van der Waals surface area contributed by atoms with Gasteiger partial charge in [0.2, 0.25) is 11.8 Å². The summed E-state index contributed by atoms with van der Waals surface area (Å²) < 4.78 is 11.0. The summed E-state index contributed by atoms with van der Waals surface area (Å²) in [4.78, 5) is 39.6. The number of fused-ring (bicyclic) bond motifs is 1. The SMILES string of the molecule is O=C(O)C1CCN(C(=O)C2CCN(c3ccc4c(c3)OCCO4)C2=O)C1. The molecule has 1 N–H and O–H groups in total. The quantitative estimate of drug-likeness (QED) is 0.799. The van der Waals surface area contributed by atoms with Gasteiger partial charge in [0, 0.05) is 31.4 Å². The van der Waals surface area contributed by atoms with Gasteiger partial charge in [0.1, 0.15) is 19.1 Å². The van der Waals surface area contributed by atoms with Gasteiger partial charge in [0.25, 0.3) is 0 Å². The molecule has 1 aromatic rings. The molecular formula is C18H20N2O6. The zero-order valence-corrected chi connectivity index (χ0v) is 14.2. The van der Waals surface area contributed by atoms with Gasteiger partial charge in [-0.05, 0) is 25.0 Å². The van der Waals surface area contributed by atoms with E-state index in [0.29, 0.717) is 56.3 Å². The Kier molecular flexibility index (Phi) is 4.18. The molecule has 0 bridgehead atoms. The number of likely N-dealkylation sites (tertiary alicyclic amines) is 1. The highest BCUT2D eigenvalue weighted by Crippen LogP contribution is 2.36. The first-order valence-corrected chi connectivity index (χ1v) is 8.77. The third-order valence-electron chi connectivity index (χ3n) is 5.19. The average Bonchev–Trinajstić information content (AvgIpc) is 3.28. The van der Waals surface area contributed by atoms with Crippen molar-refractivity contribution in [1.82, 2.24) is 4.90 Å². The fraction of sp³-hybridized carbons (Fsp3) is 0.500. The third-order valence-corrected chi connectivity index (χ3v) is 5.19. The number of carbonyl (C=O) groups is 3. The summed E-state index contributed by atoms with van der Waals surface area (Å²) in [7, 11) is 0. The number of carboxylic acid groups (broad SMARTS) is 1. The van der Waals surface area contributed by atoms with Crippen LogP contribution in [0.25, 0.3) is 0 Å². The molecule has 3 heterocycles. The van der Waals surface area contributed by atoms with Crippen LogP contribution in [0.5, 0.6) is 11.5 Å². The van der Waals surface area contributed by atoms with Crippen molar-refractivity contribution in [3.05, 3.63) is 18.2 Å². The highest BCUT2D eigenvalue weighted by molar-refractivity contribution is 6.09. The standard InChI is InChI=1S/C18H20N2O6/c21-16(19-5-3-11(10-19)18(23)24)13-4-6-20(17(13)22)12-1-2-14-15(9-12)26-8-7-25-14/h1-2,9,11,13H,3-8,10H2,(H,23,24). The minimum absolute atomic E-state index is 0.183. The zero-order valence-electron chi connectivity index (χ0n) is 14.2. The molecule has 26 heavy (non-hydrogen) atoms. The molecule has 4 rings (SSSR count). The van der Waals surface area contributed by atoms with Crippen LogP contribution in [0.3, 0.4) is 0 Å². The van der Waals surface area contributed by atoms with Gasteiger partial charge in [-0.1, -0.05) is 0 Å². The number of anilines is 1. The number of benzene rings is 1. The van der Waals surface area contributed by atoms with Gasteiger partial charge >= 0.3 is 5.97 Å². The molecule has 8 heteroatoms. The lowest BCUT2D eigenvalue weighted by molar-refractivity contribution is -0.142. The van der Waals surface area contributed by atoms with E-state index in [-0.39, 0.29) is 18.4 Å². The van der Waals surface area contributed by atoms with Crippen molar-refractivity contribution in [3.63, 3.8) is 0 Å². The minimum Gasteiger partial charge on any atom is -0.486 e. The molecule has 0 aromatic heterocycles. The number of aliphatic carboxylic acids is 1. The molecule has 2 unspecified atom stereocenters. The Morgan fingerprint density at radius 1 is 1.08 bits per heavy atom. The van der Waals surface area contributed by atoms with E-state index in [1.165, 1.54) is 4.90 Å². The van der Waals surface area contributed by atoms with Gasteiger partial charge in [-0.2, -0.15) is 0 Å². The first-order valence-electron chi connectivity index (χ1n) is 8.77. The number of ether oxygens (including phenoxy) is 2. The Morgan fingerprint density at radius 3 is 2.58 bits per heavy atom. The van der Waals surface area contributed by atoms with E-state index in [1.54, 1.807) is 23.1 Å². The van der Waals surface area contributed by atoms with Gasteiger partial charge in [0.05, 0.1) is 5.92 Å². The Labute approximate surface area is 150 Å². The van der Waals surface area contributed by atoms with Crippen molar-refractivity contribution < 1.29 is 29.0 Å². The van der Waals surface area contributed by atoms with Crippen molar-refractivity contribution in [2.75, 3.05) is 37.7 Å². The summed E-state index contributed by atoms with van der Waals surface area (Å²) >= 11 is 0. The van der Waals surface area contributed by atoms with Gasteiger partial charge in [-0.15, -0.1) is 0 Å². The summed E-state index contributed by atoms with van der Waals surface area (Å²) in [5.41, 5.74) is 0.680. The number of hydrogen-bond acceptors (Lipinski definition) is 5. The molecule has 2 fully saturated rings. The molecule has 0 spiro atoms. The predicted molar refractivity (Wildman–Crippen MR) is 90.2 cm³/mol. The molecule has 0 aliphatic carbocycles. The van der Waals surface area contributed by atoms with Crippen LogP contribution in [0.4, 0.5) is 5.69 Å². The Balaban J connectivity index is 1.46. The van der Waals surface area contributed by atoms with Crippen molar-refractivity contribution in [2.24, 2.45) is 11.8 Å². The molecular weight excluding hydrogens is 340 g/mol. The number of carbonyl (C=O) groups excluding carboxylic acids is 2. The van der Waals surface area contributed by atoms with Gasteiger partial charge in [0.15, 0.2) is 11.5 Å². The van der Waals surface area contributed by atoms with E-state index in [2.05, 4.69) is 0 Å². The van der Waals surface area contributed by atoms with Crippen molar-refractivity contribution in [1.29, 1.82) is 0 Å². The molecule has 2 saturated heterocycles. The van der Waals surface area contributed by atoms with Crippen LogP contribution >= 0.6 is 0 Å². The highest BCUT2D eigenvalue weighted by Gasteiger charge is 2.42. The van der Waals surface area contributed by atoms with E-state index in [1.807, 2.05) is 0 Å². The number of amides is 2. The molecule has 0 radical (unpaired) electrons. The molecule has 138 valence electrons. The molecule has 3 aliphatic rings. The van der Waals surface area contributed by atoms with Crippen molar-refractivity contribution in [2.45, 2.75) is 12.8 Å². The van der Waals surface area contributed by atoms with Crippen LogP contribution in [0.15, 0.2) is 18.2 Å². The first-order chi connectivity index (χ1) is 12.5. The molecule has 2 atom stereocenters. The first kappa shape index (κ1) is 16.7. The Bertz CT molecular complexity index is 764. The van der Waals surface area contributed by atoms with Gasteiger partial charge in [-0.25, -0.2) is 0 Å². The normalized spacial score (nSPS) is 24.8. The minimum atomic E-state index is -0.893. The molecule has 0 saturated carbocycles. The third kappa shape index (κ3) is 2.85. The zero-order chi connectivity index (χ0) is 18.3. The van der Waals surface area contributed by atoms with Crippen LogP contribution in [0, 0.1) is 11.8 Å². The molecule has 1 aromatic carbocycles. The smallest absolute Gasteiger partial charge is 0.308 e. The Hall–Kier alpha value is -2.77. The summed E-state index contributed by atoms with van der Waals surface area (Å²) in [6.45, 7) is 1.99. The fourth-order valence-corrected chi connectivity index (χ4v) is 3.75. The maximum atomic E-state index is 12.8. The number of nitrogens with zero attached hydrogens (tertiary/aromatic N) is 2. The van der Waals surface area contributed by atoms with Crippen LogP contribution in [-0.2, 0) is 14.4 Å². The van der Waals surface area contributed by atoms with Crippen LogP contribution < -0.4 is 14.4 Å². The summed E-state index contributed by atoms with van der Waals surface area (Å²) in [6.07, 6.45) is 0.869. The predicted octanol–water partition coefficient (Wildman–Crippen LogP) is 0.744. The summed E-state index contributed by atoms with van der Waals surface area (Å²) in [6, 6.07) is 5.31. The lowest BCUT2D eigenvalue weighted by Crippen LogP contribution is -2.39. The molecule has 2 amide bonds. The molecule has 3 aliphatic heterocycles. The number of rotatable bonds is 3. The second-order valence-corrected chi connectivity index (χ2v) is 6.77. The maximum absolute atomic E-state index is 12.8. The monoisotopic (exact) mass is 360 g/mol. The van der Waals surface area contributed by atoms with Crippen LogP contribution in [0.2, 0.25) is 0 Å². The second-order valence-electron chi connectivity index (χ2n) is 6.77. The van der Waals surface area contributed by atoms with E-state index < -0.39 is 17.8 Å². The van der Waals surface area contributed by atoms with E-state index in [9.17, 15) is 14.4 Å². The largest absolute Gasteiger partial charge is 0.486 e. The molecule has 8 nitrogen and oxygen atoms in total. The lowest BCUT2D eigenvalue weighted by Gasteiger charge is -2.23. The van der Waals surface area contributed by atoms with Crippen LogP contribution in [0.1, 0.15) is 12.8 Å². The maximum Gasteiger partial charge on any atom is 0.308 e. The Morgan fingerprint density at radius 2 is 1.85 bits per heavy atom. The number of carboxylic acids is 1. The van der Waals surface area contributed by atoms with Crippen molar-refractivity contribution in [3.8, 4) is 11.5 Å². The average molecular weight is 360 g/mol. The topological polar surface area (TPSA) is 96.4 Å². The van der Waals surface area contributed by atoms with Crippen LogP contribution in [-0.4, -0.2) is 60.6 Å². The van der Waals surface area contributed by atoms with Gasteiger partial charge in [-0.3, -0.25) is 14.4 Å². The van der Waals surface area contributed by atoms with E-state index in [4.69, 9.17) is 14.6 Å².